The molecule has 1 aromatic carbocycles. The average Bonchev–Trinajstić information content (AvgIpc) is 3.12. The number of rotatable bonds is 1. The summed E-state index contributed by atoms with van der Waals surface area (Å²) in [5.74, 6) is 6.27. The van der Waals surface area contributed by atoms with Gasteiger partial charge in [-0.1, -0.05) is 49.8 Å². The summed E-state index contributed by atoms with van der Waals surface area (Å²) in [4.78, 5) is 0. The maximum absolute atomic E-state index is 7.50. The van der Waals surface area contributed by atoms with Gasteiger partial charge in [-0.05, 0) is 12.1 Å². The van der Waals surface area contributed by atoms with Crippen LogP contribution in [0.5, 0.6) is 5.75 Å². The molecule has 0 radical (unpaired) electrons. The molecular formula is C17H19FeO3+. The van der Waals surface area contributed by atoms with Crippen molar-refractivity contribution in [3.63, 3.8) is 0 Å². The fourth-order valence-electron chi connectivity index (χ4n) is 1.66. The standard InChI is InChI=1S/C10H9O.C5H10.2CO.Fe/c1-3-4-9-5-7-10(11-2)8-6-9;1-2-4-5-3-1;2*1-2;/h5-8H,1H2,2H3;1-5H2;;;/q-1;;;;+2. The van der Waals surface area contributed by atoms with Crippen LogP contribution in [-0.4, -0.2) is 7.11 Å². The first-order valence-electron chi connectivity index (χ1n) is 6.20. The van der Waals surface area contributed by atoms with Gasteiger partial charge >= 0.3 is 39.7 Å². The molecule has 0 heterocycles. The van der Waals surface area contributed by atoms with E-state index in [-0.39, 0.29) is 17.1 Å². The van der Waals surface area contributed by atoms with E-state index in [0.717, 1.165) is 11.3 Å². The molecule has 1 aliphatic rings. The number of hydrogen-bond acceptors (Lipinski definition) is 1. The van der Waals surface area contributed by atoms with Gasteiger partial charge < -0.3 is 4.74 Å². The van der Waals surface area contributed by atoms with Crippen LogP contribution in [0.15, 0.2) is 24.3 Å². The van der Waals surface area contributed by atoms with Crippen molar-refractivity contribution in [1.82, 2.24) is 0 Å². The second kappa shape index (κ2) is 20.8. The molecule has 0 spiro atoms. The normalized spacial score (nSPS) is 10.1. The Morgan fingerprint density at radius 3 is 1.62 bits per heavy atom. The van der Waals surface area contributed by atoms with Crippen LogP contribution in [0.1, 0.15) is 37.7 Å². The Bertz CT molecular complexity index is 406. The molecule has 1 aliphatic carbocycles. The van der Waals surface area contributed by atoms with Crippen molar-refractivity contribution < 1.29 is 31.1 Å². The van der Waals surface area contributed by atoms with Gasteiger partial charge in [0, 0.05) is 0 Å². The molecule has 3 nitrogen and oxygen atoms in total. The summed E-state index contributed by atoms with van der Waals surface area (Å²) in [5, 5.41) is 0. The van der Waals surface area contributed by atoms with Crippen molar-refractivity contribution in [1.29, 1.82) is 0 Å². The molecule has 112 valence electrons. The molecule has 0 bridgehead atoms. The molecule has 1 fully saturated rings. The molecule has 21 heavy (non-hydrogen) atoms. The van der Waals surface area contributed by atoms with Gasteiger partial charge in [0.2, 0.25) is 0 Å². The van der Waals surface area contributed by atoms with Gasteiger partial charge in [-0.25, -0.2) is 0 Å². The van der Waals surface area contributed by atoms with Crippen LogP contribution in [0.3, 0.4) is 0 Å². The second-order valence-corrected chi connectivity index (χ2v) is 3.80. The Kier molecular flexibility index (Phi) is 24.2. The number of hydrogen-bond donors (Lipinski definition) is 0. The third kappa shape index (κ3) is 14.7. The van der Waals surface area contributed by atoms with Crippen LogP contribution in [0, 0.1) is 32.1 Å². The minimum atomic E-state index is 0. The third-order valence-electron chi connectivity index (χ3n) is 2.57. The quantitative estimate of drug-likeness (QED) is 0.335. The minimum Gasteiger partial charge on any atom is -0.497 e. The predicted octanol–water partition coefficient (Wildman–Crippen LogP) is 3.75. The second-order valence-electron chi connectivity index (χ2n) is 3.80. The van der Waals surface area contributed by atoms with E-state index in [9.17, 15) is 0 Å². The van der Waals surface area contributed by atoms with Crippen molar-refractivity contribution in [2.24, 2.45) is 0 Å². The van der Waals surface area contributed by atoms with Crippen LogP contribution in [0.4, 0.5) is 0 Å². The predicted molar refractivity (Wildman–Crippen MR) is 76.2 cm³/mol. The van der Waals surface area contributed by atoms with E-state index < -0.39 is 0 Å². The maximum atomic E-state index is 7.50. The first-order chi connectivity index (χ1) is 9.86. The largest absolute Gasteiger partial charge is 2.00 e. The van der Waals surface area contributed by atoms with Crippen LogP contribution >= 0.6 is 0 Å². The Labute approximate surface area is 138 Å². The summed E-state index contributed by atoms with van der Waals surface area (Å²) in [6.07, 6.45) is 7.50. The van der Waals surface area contributed by atoms with E-state index in [0.29, 0.717) is 0 Å². The molecule has 0 atom stereocenters. The molecule has 2 rings (SSSR count). The molecular weight excluding hydrogens is 308 g/mol. The van der Waals surface area contributed by atoms with E-state index in [1.807, 2.05) is 24.3 Å². The van der Waals surface area contributed by atoms with Crippen molar-refractivity contribution in [3.05, 3.63) is 50.1 Å². The summed E-state index contributed by atoms with van der Waals surface area (Å²) >= 11 is 0. The molecule has 0 amide bonds. The summed E-state index contributed by atoms with van der Waals surface area (Å²) in [6.45, 7) is 12.4. The zero-order chi connectivity index (χ0) is 15.6. The Hall–Kier alpha value is -1.55. The Morgan fingerprint density at radius 1 is 0.952 bits per heavy atom. The van der Waals surface area contributed by atoms with Gasteiger partial charge in [0.15, 0.2) is 0 Å². The summed E-state index contributed by atoms with van der Waals surface area (Å²) < 4.78 is 20.0. The number of methoxy groups -OCH3 is 1. The number of benzene rings is 1. The Morgan fingerprint density at radius 2 is 1.33 bits per heavy atom. The maximum Gasteiger partial charge on any atom is 2.00 e. The molecule has 0 aromatic heterocycles. The fourth-order valence-corrected chi connectivity index (χ4v) is 1.66. The van der Waals surface area contributed by atoms with E-state index in [4.69, 9.17) is 14.0 Å². The van der Waals surface area contributed by atoms with Crippen LogP contribution < -0.4 is 4.74 Å². The summed E-state index contributed by atoms with van der Waals surface area (Å²) in [5.41, 5.74) is 0.959. The number of ether oxygens (including phenoxy) is 1. The third-order valence-corrected chi connectivity index (χ3v) is 2.57. The van der Waals surface area contributed by atoms with Crippen molar-refractivity contribution in [2.45, 2.75) is 32.1 Å². The van der Waals surface area contributed by atoms with E-state index in [2.05, 4.69) is 32.1 Å². The monoisotopic (exact) mass is 327 g/mol. The van der Waals surface area contributed by atoms with Crippen LogP contribution in [-0.2, 0) is 26.4 Å². The van der Waals surface area contributed by atoms with Gasteiger partial charge in [-0.15, -0.1) is 0 Å². The first kappa shape index (κ1) is 24.5. The van der Waals surface area contributed by atoms with Crippen LogP contribution in [0.2, 0.25) is 0 Å². The smallest absolute Gasteiger partial charge is 0.497 e. The topological polar surface area (TPSA) is 49.0 Å². The Balaban J connectivity index is -0.000000273. The SMILES string of the molecule is C1CCCC1.[C-]#[O+].[C-]#[O+].[CH2-]C#Cc1ccc(OC)cc1.[Fe+2]. The molecule has 1 saturated carbocycles. The summed E-state index contributed by atoms with van der Waals surface area (Å²) in [7, 11) is 1.64. The zero-order valence-electron chi connectivity index (χ0n) is 12.1. The molecule has 4 heteroatoms. The first-order valence-corrected chi connectivity index (χ1v) is 6.20. The van der Waals surface area contributed by atoms with Crippen molar-refractivity contribution in [3.8, 4) is 17.6 Å². The van der Waals surface area contributed by atoms with Gasteiger partial charge in [0.05, 0.1) is 7.11 Å². The zero-order valence-corrected chi connectivity index (χ0v) is 13.2. The summed E-state index contributed by atoms with van der Waals surface area (Å²) in [6, 6.07) is 7.55. The van der Waals surface area contributed by atoms with Gasteiger partial charge in [-0.3, -0.25) is 11.8 Å². The van der Waals surface area contributed by atoms with Crippen molar-refractivity contribution in [2.75, 3.05) is 7.11 Å². The van der Waals surface area contributed by atoms with Crippen LogP contribution in [0.25, 0.3) is 0 Å². The molecule has 1 aromatic rings. The average molecular weight is 327 g/mol. The molecule has 0 N–H and O–H groups in total. The molecule has 0 unspecified atom stereocenters. The van der Waals surface area contributed by atoms with Crippen molar-refractivity contribution >= 4 is 0 Å². The molecule has 0 aliphatic heterocycles. The fraction of sp³-hybridized carbons (Fsp3) is 0.353. The van der Waals surface area contributed by atoms with E-state index in [1.54, 1.807) is 7.11 Å². The molecule has 0 saturated heterocycles. The van der Waals surface area contributed by atoms with E-state index >= 15 is 0 Å². The van der Waals surface area contributed by atoms with Gasteiger partial charge in [-0.2, -0.15) is 6.92 Å². The van der Waals surface area contributed by atoms with Gasteiger partial charge in [0.1, 0.15) is 5.75 Å². The minimum absolute atomic E-state index is 0. The van der Waals surface area contributed by atoms with Gasteiger partial charge in [0.25, 0.3) is 0 Å². The van der Waals surface area contributed by atoms with E-state index in [1.165, 1.54) is 32.1 Å².